The molecule has 62 valence electrons. The molecular weight excluding hydrogens is 180 g/mol. The van der Waals surface area contributed by atoms with Gasteiger partial charge in [0, 0.05) is 0 Å². The molecule has 0 aliphatic carbocycles. The Kier molecular flexibility index (Phi) is 2.33. The number of nitrogens with one attached hydrogen (secondary N) is 2. The predicted octanol–water partition coefficient (Wildman–Crippen LogP) is 0.186. The van der Waals surface area contributed by atoms with Gasteiger partial charge >= 0.3 is 0 Å². The van der Waals surface area contributed by atoms with Crippen LogP contribution >= 0.6 is 11.6 Å². The van der Waals surface area contributed by atoms with Gasteiger partial charge in [0.25, 0.3) is 5.56 Å². The second-order valence-electron chi connectivity index (χ2n) is 1.99. The van der Waals surface area contributed by atoms with Crippen LogP contribution in [-0.2, 0) is 0 Å². The van der Waals surface area contributed by atoms with E-state index in [1.807, 2.05) is 0 Å². The molecule has 4 N–H and O–H groups in total. The summed E-state index contributed by atoms with van der Waals surface area (Å²) >= 11 is 5.50. The van der Waals surface area contributed by atoms with E-state index in [4.69, 9.17) is 22.7 Å². The smallest absolute Gasteiger partial charge is 0.269 e. The van der Waals surface area contributed by atoms with Gasteiger partial charge in [-0.15, -0.1) is 0 Å². The second-order valence-corrected chi connectivity index (χ2v) is 2.40. The van der Waals surface area contributed by atoms with Crippen LogP contribution in [-0.4, -0.2) is 4.98 Å². The fourth-order valence-electron chi connectivity index (χ4n) is 0.753. The Balaban J connectivity index is 3.47. The van der Waals surface area contributed by atoms with Gasteiger partial charge in [0.2, 0.25) is 0 Å². The van der Waals surface area contributed by atoms with Crippen LogP contribution in [0.2, 0.25) is 5.15 Å². The number of nitriles is 1. The van der Waals surface area contributed by atoms with Crippen molar-refractivity contribution >= 4 is 17.3 Å². The predicted molar refractivity (Wildman–Crippen MR) is 44.6 cm³/mol. The molecule has 0 saturated heterocycles. The average Bonchev–Trinajstić information content (AvgIpc) is 2.03. The summed E-state index contributed by atoms with van der Waals surface area (Å²) in [7, 11) is 0. The minimum Gasteiger partial charge on any atom is -0.323 e. The molecule has 6 heteroatoms. The lowest BCUT2D eigenvalue weighted by atomic mass is 10.2. The molecule has 0 unspecified atom stereocenters. The number of aromatic amines is 1. The fourth-order valence-corrected chi connectivity index (χ4v) is 0.948. The highest BCUT2D eigenvalue weighted by molar-refractivity contribution is 6.29. The zero-order chi connectivity index (χ0) is 9.14. The lowest BCUT2D eigenvalue weighted by Gasteiger charge is -2.00. The van der Waals surface area contributed by atoms with Crippen molar-refractivity contribution < 1.29 is 0 Å². The Labute approximate surface area is 72.7 Å². The fraction of sp³-hybridized carbons (Fsp3) is 0. The van der Waals surface area contributed by atoms with Crippen LogP contribution in [0.4, 0.5) is 5.69 Å². The number of pyridine rings is 1. The van der Waals surface area contributed by atoms with Crippen LogP contribution < -0.4 is 16.8 Å². The molecule has 0 atom stereocenters. The molecule has 0 aliphatic rings. The van der Waals surface area contributed by atoms with Crippen molar-refractivity contribution in [2.45, 2.75) is 0 Å². The third-order valence-electron chi connectivity index (χ3n) is 1.27. The van der Waals surface area contributed by atoms with Crippen molar-refractivity contribution in [3.05, 3.63) is 27.1 Å². The number of halogens is 1. The van der Waals surface area contributed by atoms with E-state index in [2.05, 4.69) is 10.4 Å². The van der Waals surface area contributed by atoms with Gasteiger partial charge in [-0.3, -0.25) is 10.6 Å². The maximum atomic E-state index is 11.0. The number of nitrogens with zero attached hydrogens (tertiary/aromatic N) is 1. The highest BCUT2D eigenvalue weighted by atomic mass is 35.5. The largest absolute Gasteiger partial charge is 0.323 e. The van der Waals surface area contributed by atoms with Crippen LogP contribution in [0, 0.1) is 11.3 Å². The molecule has 0 fully saturated rings. The molecule has 0 saturated carbocycles. The number of nitrogens with two attached hydrogens (primary N) is 1. The van der Waals surface area contributed by atoms with Gasteiger partial charge in [-0.1, -0.05) is 11.6 Å². The van der Waals surface area contributed by atoms with E-state index in [1.165, 1.54) is 6.07 Å². The van der Waals surface area contributed by atoms with Crippen molar-refractivity contribution in [3.63, 3.8) is 0 Å². The Morgan fingerprint density at radius 1 is 1.75 bits per heavy atom. The summed E-state index contributed by atoms with van der Waals surface area (Å²) in [6.07, 6.45) is 0. The van der Waals surface area contributed by atoms with Crippen molar-refractivity contribution in [2.24, 2.45) is 5.84 Å². The van der Waals surface area contributed by atoms with E-state index in [0.29, 0.717) is 0 Å². The van der Waals surface area contributed by atoms with Gasteiger partial charge in [-0.2, -0.15) is 5.26 Å². The first-order chi connectivity index (χ1) is 5.69. The van der Waals surface area contributed by atoms with Crippen molar-refractivity contribution in [3.8, 4) is 6.07 Å². The molecule has 0 aliphatic heterocycles. The summed E-state index contributed by atoms with van der Waals surface area (Å²) in [5.74, 6) is 5.05. The SMILES string of the molecule is N#Cc1c(NN)cc(Cl)[nH]c1=O. The van der Waals surface area contributed by atoms with Crippen LogP contribution in [0.15, 0.2) is 10.9 Å². The van der Waals surface area contributed by atoms with E-state index in [-0.39, 0.29) is 16.4 Å². The van der Waals surface area contributed by atoms with Gasteiger partial charge in [-0.25, -0.2) is 0 Å². The molecule has 0 radical (unpaired) electrons. The molecule has 12 heavy (non-hydrogen) atoms. The van der Waals surface area contributed by atoms with E-state index in [9.17, 15) is 4.79 Å². The molecule has 0 bridgehead atoms. The molecule has 0 spiro atoms. The molecule has 1 aromatic heterocycles. The minimum atomic E-state index is -0.557. The van der Waals surface area contributed by atoms with Gasteiger partial charge < -0.3 is 10.4 Å². The third kappa shape index (κ3) is 1.39. The Hall–Kier alpha value is -1.51. The molecule has 0 amide bonds. The standard InChI is InChI=1S/C6H5ClN4O/c7-5-1-4(11-9)3(2-8)6(12)10-5/h1H,9H2,(H2,10,11,12). The van der Waals surface area contributed by atoms with Crippen LogP contribution in [0.1, 0.15) is 5.56 Å². The molecule has 1 heterocycles. The molecule has 5 nitrogen and oxygen atoms in total. The second kappa shape index (κ2) is 3.26. The summed E-state index contributed by atoms with van der Waals surface area (Å²) in [6.45, 7) is 0. The van der Waals surface area contributed by atoms with Crippen molar-refractivity contribution in [2.75, 3.05) is 5.43 Å². The van der Waals surface area contributed by atoms with Gasteiger partial charge in [0.15, 0.2) is 0 Å². The maximum absolute atomic E-state index is 11.0. The summed E-state index contributed by atoms with van der Waals surface area (Å²) in [6, 6.07) is 3.06. The number of hydrazine groups is 1. The number of hydrogen-bond donors (Lipinski definition) is 3. The highest BCUT2D eigenvalue weighted by Crippen LogP contribution is 2.12. The summed E-state index contributed by atoms with van der Waals surface area (Å²) < 4.78 is 0. The lowest BCUT2D eigenvalue weighted by Crippen LogP contribution is -2.17. The topological polar surface area (TPSA) is 94.7 Å². The highest BCUT2D eigenvalue weighted by Gasteiger charge is 2.06. The summed E-state index contributed by atoms with van der Waals surface area (Å²) in [5, 5.41) is 8.64. The number of H-pyrrole nitrogens is 1. The van der Waals surface area contributed by atoms with E-state index in [1.54, 1.807) is 6.07 Å². The summed E-state index contributed by atoms with van der Waals surface area (Å²) in [4.78, 5) is 13.2. The number of rotatable bonds is 1. The normalized spacial score (nSPS) is 9.08. The molecule has 1 aromatic rings. The average molecular weight is 185 g/mol. The third-order valence-corrected chi connectivity index (χ3v) is 1.47. The maximum Gasteiger partial charge on any atom is 0.269 e. The molecule has 1 rings (SSSR count). The van der Waals surface area contributed by atoms with Crippen LogP contribution in [0.25, 0.3) is 0 Å². The molecule has 0 aromatic carbocycles. The molecular formula is C6H5ClN4O. The van der Waals surface area contributed by atoms with Gasteiger partial charge in [-0.05, 0) is 6.07 Å². The first-order valence-corrected chi connectivity index (χ1v) is 3.36. The Morgan fingerprint density at radius 2 is 2.42 bits per heavy atom. The number of nitrogen functional groups attached to an aromatic ring is 1. The summed E-state index contributed by atoms with van der Waals surface area (Å²) in [5.41, 5.74) is 1.78. The quantitative estimate of drug-likeness (QED) is 0.330. The first kappa shape index (κ1) is 8.59. The zero-order valence-corrected chi connectivity index (χ0v) is 6.64. The number of anilines is 1. The minimum absolute atomic E-state index is 0.0816. The van der Waals surface area contributed by atoms with Crippen molar-refractivity contribution in [1.82, 2.24) is 4.98 Å². The van der Waals surface area contributed by atoms with E-state index < -0.39 is 5.56 Å². The lowest BCUT2D eigenvalue weighted by molar-refractivity contribution is 1.19. The number of aromatic nitrogens is 1. The van der Waals surface area contributed by atoms with E-state index >= 15 is 0 Å². The number of hydrogen-bond acceptors (Lipinski definition) is 4. The Morgan fingerprint density at radius 3 is 2.92 bits per heavy atom. The van der Waals surface area contributed by atoms with Crippen LogP contribution in [0.5, 0.6) is 0 Å². The van der Waals surface area contributed by atoms with Crippen LogP contribution in [0.3, 0.4) is 0 Å². The first-order valence-electron chi connectivity index (χ1n) is 2.98. The Bertz CT molecular complexity index is 392. The van der Waals surface area contributed by atoms with Crippen molar-refractivity contribution in [1.29, 1.82) is 5.26 Å². The zero-order valence-electron chi connectivity index (χ0n) is 5.89. The van der Waals surface area contributed by atoms with E-state index in [0.717, 1.165) is 0 Å². The van der Waals surface area contributed by atoms with Gasteiger partial charge in [0.1, 0.15) is 16.8 Å². The monoisotopic (exact) mass is 184 g/mol. The van der Waals surface area contributed by atoms with Gasteiger partial charge in [0.05, 0.1) is 5.69 Å².